The Morgan fingerprint density at radius 2 is 1.58 bits per heavy atom. The van der Waals surface area contributed by atoms with Gasteiger partial charge >= 0.3 is 0 Å². The van der Waals surface area contributed by atoms with E-state index >= 15 is 0 Å². The number of benzene rings is 2. The minimum Gasteiger partial charge on any atom is -0.311 e. The molecule has 6 heteroatoms. The van der Waals surface area contributed by atoms with Gasteiger partial charge in [0.2, 0.25) is 15.9 Å². The summed E-state index contributed by atoms with van der Waals surface area (Å²) in [6.07, 6.45) is 0. The SMILES string of the molecule is CC(=O)N(CCNS(=O)(=O)c1ccccc1)c1c(C)cccc1C. The number of para-hydroxylation sites is 1. The van der Waals surface area contributed by atoms with Crippen molar-refractivity contribution in [1.29, 1.82) is 0 Å². The summed E-state index contributed by atoms with van der Waals surface area (Å²) in [4.78, 5) is 13.8. The molecule has 0 aromatic heterocycles. The monoisotopic (exact) mass is 346 g/mol. The van der Waals surface area contributed by atoms with Crippen LogP contribution >= 0.6 is 0 Å². The molecule has 0 saturated heterocycles. The van der Waals surface area contributed by atoms with Crippen molar-refractivity contribution in [3.8, 4) is 0 Å². The molecule has 2 aromatic carbocycles. The number of anilines is 1. The van der Waals surface area contributed by atoms with Crippen LogP contribution in [0.1, 0.15) is 18.1 Å². The van der Waals surface area contributed by atoms with Crippen molar-refractivity contribution in [2.75, 3.05) is 18.0 Å². The van der Waals surface area contributed by atoms with Gasteiger partial charge < -0.3 is 4.90 Å². The molecule has 0 bridgehead atoms. The number of rotatable bonds is 6. The van der Waals surface area contributed by atoms with Crippen LogP contribution in [0.5, 0.6) is 0 Å². The Labute approximate surface area is 143 Å². The quantitative estimate of drug-likeness (QED) is 0.874. The zero-order valence-electron chi connectivity index (χ0n) is 14.1. The van der Waals surface area contributed by atoms with Crippen molar-refractivity contribution in [3.05, 3.63) is 59.7 Å². The van der Waals surface area contributed by atoms with Gasteiger partial charge in [0.15, 0.2) is 0 Å². The van der Waals surface area contributed by atoms with Crippen molar-refractivity contribution in [1.82, 2.24) is 4.72 Å². The molecule has 1 amide bonds. The van der Waals surface area contributed by atoms with E-state index in [1.807, 2.05) is 32.0 Å². The number of amides is 1. The lowest BCUT2D eigenvalue weighted by Crippen LogP contribution is -2.38. The molecule has 0 heterocycles. The molecule has 5 nitrogen and oxygen atoms in total. The van der Waals surface area contributed by atoms with Crippen LogP contribution in [0.4, 0.5) is 5.69 Å². The summed E-state index contributed by atoms with van der Waals surface area (Å²) in [7, 11) is -3.57. The average Bonchev–Trinajstić information content (AvgIpc) is 2.53. The molecule has 2 rings (SSSR count). The Morgan fingerprint density at radius 1 is 1.00 bits per heavy atom. The van der Waals surface area contributed by atoms with Gasteiger partial charge in [-0.05, 0) is 37.1 Å². The number of nitrogens with zero attached hydrogens (tertiary/aromatic N) is 1. The first-order valence-electron chi connectivity index (χ1n) is 7.72. The van der Waals surface area contributed by atoms with Crippen molar-refractivity contribution in [3.63, 3.8) is 0 Å². The third kappa shape index (κ3) is 4.21. The van der Waals surface area contributed by atoms with Crippen molar-refractivity contribution < 1.29 is 13.2 Å². The third-order valence-corrected chi connectivity index (χ3v) is 5.25. The minimum absolute atomic E-state index is 0.119. The molecule has 24 heavy (non-hydrogen) atoms. The van der Waals surface area contributed by atoms with Crippen LogP contribution in [0.25, 0.3) is 0 Å². The van der Waals surface area contributed by atoms with Gasteiger partial charge in [0.1, 0.15) is 0 Å². The van der Waals surface area contributed by atoms with E-state index in [0.717, 1.165) is 16.8 Å². The molecule has 128 valence electrons. The van der Waals surface area contributed by atoms with Crippen LogP contribution in [-0.4, -0.2) is 27.4 Å². The van der Waals surface area contributed by atoms with Gasteiger partial charge in [-0.2, -0.15) is 0 Å². The van der Waals surface area contributed by atoms with E-state index in [2.05, 4.69) is 4.72 Å². The lowest BCUT2D eigenvalue weighted by molar-refractivity contribution is -0.116. The maximum absolute atomic E-state index is 12.2. The fraction of sp³-hybridized carbons (Fsp3) is 0.278. The van der Waals surface area contributed by atoms with E-state index < -0.39 is 10.0 Å². The van der Waals surface area contributed by atoms with Crippen molar-refractivity contribution >= 4 is 21.6 Å². The van der Waals surface area contributed by atoms with E-state index in [1.165, 1.54) is 19.1 Å². The van der Waals surface area contributed by atoms with Crippen molar-refractivity contribution in [2.24, 2.45) is 0 Å². The number of hydrogen-bond donors (Lipinski definition) is 1. The highest BCUT2D eigenvalue weighted by Gasteiger charge is 2.18. The molecule has 0 aliphatic heterocycles. The number of sulfonamides is 1. The van der Waals surface area contributed by atoms with E-state index in [9.17, 15) is 13.2 Å². The Bertz CT molecular complexity index is 797. The minimum atomic E-state index is -3.57. The highest BCUT2D eigenvalue weighted by molar-refractivity contribution is 7.89. The first-order chi connectivity index (χ1) is 11.3. The second-order valence-electron chi connectivity index (χ2n) is 5.62. The number of aryl methyl sites for hydroxylation is 2. The van der Waals surface area contributed by atoms with Gasteiger partial charge in [-0.3, -0.25) is 4.79 Å². The van der Waals surface area contributed by atoms with Gasteiger partial charge in [-0.1, -0.05) is 36.4 Å². The molecule has 0 spiro atoms. The first kappa shape index (κ1) is 18.2. The lowest BCUT2D eigenvalue weighted by Gasteiger charge is -2.25. The molecular weight excluding hydrogens is 324 g/mol. The number of carbonyl (C=O) groups is 1. The molecule has 0 atom stereocenters. The van der Waals surface area contributed by atoms with E-state index in [0.29, 0.717) is 0 Å². The molecule has 0 saturated carbocycles. The Morgan fingerprint density at radius 3 is 2.12 bits per heavy atom. The predicted octanol–water partition coefficient (Wildman–Crippen LogP) is 2.63. The van der Waals surface area contributed by atoms with E-state index in [-0.39, 0.29) is 23.9 Å². The second-order valence-corrected chi connectivity index (χ2v) is 7.39. The molecule has 0 aliphatic carbocycles. The summed E-state index contributed by atoms with van der Waals surface area (Å²) >= 11 is 0. The molecule has 0 aliphatic rings. The van der Waals surface area contributed by atoms with Crippen LogP contribution in [0.2, 0.25) is 0 Å². The number of nitrogens with one attached hydrogen (secondary N) is 1. The van der Waals surface area contributed by atoms with Gasteiger partial charge in [-0.15, -0.1) is 0 Å². The zero-order chi connectivity index (χ0) is 17.7. The van der Waals surface area contributed by atoms with Gasteiger partial charge in [-0.25, -0.2) is 13.1 Å². The standard InChI is InChI=1S/C18H22N2O3S/c1-14-8-7-9-15(2)18(14)20(16(3)21)13-12-19-24(22,23)17-10-5-4-6-11-17/h4-11,19H,12-13H2,1-3H3. The van der Waals surface area contributed by atoms with Gasteiger partial charge in [0.05, 0.1) is 4.90 Å². The van der Waals surface area contributed by atoms with E-state index in [4.69, 9.17) is 0 Å². The van der Waals surface area contributed by atoms with Crippen LogP contribution in [0.15, 0.2) is 53.4 Å². The maximum atomic E-state index is 12.2. The topological polar surface area (TPSA) is 66.5 Å². The Hall–Kier alpha value is -2.18. The summed E-state index contributed by atoms with van der Waals surface area (Å²) in [6, 6.07) is 14.0. The molecule has 0 fully saturated rings. The van der Waals surface area contributed by atoms with Gasteiger partial charge in [0, 0.05) is 25.7 Å². The molecule has 0 unspecified atom stereocenters. The van der Waals surface area contributed by atoms with E-state index in [1.54, 1.807) is 23.1 Å². The summed E-state index contributed by atoms with van der Waals surface area (Å²) in [6.45, 7) is 5.77. The summed E-state index contributed by atoms with van der Waals surface area (Å²) < 4.78 is 27.0. The number of carbonyl (C=O) groups excluding carboxylic acids is 1. The highest BCUT2D eigenvalue weighted by Crippen LogP contribution is 2.24. The van der Waals surface area contributed by atoms with Crippen LogP contribution in [0, 0.1) is 13.8 Å². The van der Waals surface area contributed by atoms with Crippen LogP contribution in [0.3, 0.4) is 0 Å². The van der Waals surface area contributed by atoms with Gasteiger partial charge in [0.25, 0.3) is 0 Å². The summed E-state index contributed by atoms with van der Waals surface area (Å²) in [5.41, 5.74) is 2.80. The zero-order valence-corrected chi connectivity index (χ0v) is 14.9. The predicted molar refractivity (Wildman–Crippen MR) is 95.6 cm³/mol. The fourth-order valence-electron chi connectivity index (χ4n) is 2.63. The largest absolute Gasteiger partial charge is 0.311 e. The lowest BCUT2D eigenvalue weighted by atomic mass is 10.1. The Kier molecular flexibility index (Phi) is 5.75. The smallest absolute Gasteiger partial charge is 0.240 e. The summed E-state index contributed by atoms with van der Waals surface area (Å²) in [5, 5.41) is 0. The Balaban J connectivity index is 2.12. The molecular formula is C18H22N2O3S. The maximum Gasteiger partial charge on any atom is 0.240 e. The normalized spacial score (nSPS) is 11.3. The van der Waals surface area contributed by atoms with Crippen LogP contribution in [-0.2, 0) is 14.8 Å². The first-order valence-corrected chi connectivity index (χ1v) is 9.20. The number of hydrogen-bond acceptors (Lipinski definition) is 3. The molecule has 0 radical (unpaired) electrons. The van der Waals surface area contributed by atoms with Crippen molar-refractivity contribution in [2.45, 2.75) is 25.7 Å². The fourth-order valence-corrected chi connectivity index (χ4v) is 3.68. The molecule has 1 N–H and O–H groups in total. The summed E-state index contributed by atoms with van der Waals surface area (Å²) in [5.74, 6) is -0.119. The second kappa shape index (κ2) is 7.59. The highest BCUT2D eigenvalue weighted by atomic mass is 32.2. The van der Waals surface area contributed by atoms with Crippen LogP contribution < -0.4 is 9.62 Å². The molecule has 2 aromatic rings. The average molecular weight is 346 g/mol. The third-order valence-electron chi connectivity index (χ3n) is 3.77.